The third-order valence-corrected chi connectivity index (χ3v) is 5.63. The third-order valence-electron chi connectivity index (χ3n) is 4.85. The first kappa shape index (κ1) is 19.5. The van der Waals surface area contributed by atoms with E-state index >= 15 is 0 Å². The fourth-order valence-corrected chi connectivity index (χ4v) is 4.15. The molecule has 3 rings (SSSR count). The van der Waals surface area contributed by atoms with Gasteiger partial charge in [-0.1, -0.05) is 12.1 Å². The molecule has 1 heterocycles. The molecule has 2 aromatic rings. The van der Waals surface area contributed by atoms with Crippen LogP contribution in [-0.2, 0) is 4.74 Å². The molecule has 146 valence electrons. The van der Waals surface area contributed by atoms with Crippen LogP contribution in [0.1, 0.15) is 32.6 Å². The number of ether oxygens (including phenoxy) is 2. The summed E-state index contributed by atoms with van der Waals surface area (Å²) in [6.07, 6.45) is 4.05. The Bertz CT molecular complexity index is 742. The van der Waals surface area contributed by atoms with Gasteiger partial charge in [0.2, 0.25) is 0 Å². The summed E-state index contributed by atoms with van der Waals surface area (Å²) in [5.74, 6) is 1.36. The molecule has 6 nitrogen and oxygen atoms in total. The monoisotopic (exact) mass is 389 g/mol. The number of hydrogen-bond acceptors (Lipinski definition) is 6. The molecule has 0 aliphatic heterocycles. The smallest absolute Gasteiger partial charge is 0.407 e. The second-order valence-electron chi connectivity index (χ2n) is 6.73. The average Bonchev–Trinajstić information content (AvgIpc) is 3.16. The number of carbonyl (C=O) groups excluding carboxylic acids is 1. The molecule has 1 aromatic carbocycles. The zero-order chi connectivity index (χ0) is 19.1. The normalized spacial score (nSPS) is 19.3. The largest absolute Gasteiger partial charge is 0.497 e. The van der Waals surface area contributed by atoms with Gasteiger partial charge in [0.25, 0.3) is 0 Å². The van der Waals surface area contributed by atoms with Gasteiger partial charge in [-0.05, 0) is 50.7 Å². The Balaban J connectivity index is 1.47. The lowest BCUT2D eigenvalue weighted by atomic mass is 9.86. The molecule has 1 aromatic heterocycles. The second-order valence-corrected chi connectivity index (χ2v) is 7.59. The summed E-state index contributed by atoms with van der Waals surface area (Å²) >= 11 is 1.64. The van der Waals surface area contributed by atoms with E-state index in [1.807, 2.05) is 31.2 Å². The summed E-state index contributed by atoms with van der Waals surface area (Å²) in [6, 6.07) is 8.40. The molecule has 0 saturated heterocycles. The van der Waals surface area contributed by atoms with E-state index < -0.39 is 0 Å². The first-order valence-corrected chi connectivity index (χ1v) is 10.3. The topological polar surface area (TPSA) is 72.5 Å². The molecule has 0 unspecified atom stereocenters. The van der Waals surface area contributed by atoms with Crippen molar-refractivity contribution < 1.29 is 14.3 Å². The number of amides is 1. The Morgan fingerprint density at radius 1 is 1.30 bits per heavy atom. The average molecular weight is 390 g/mol. The summed E-state index contributed by atoms with van der Waals surface area (Å²) in [4.78, 5) is 16.1. The summed E-state index contributed by atoms with van der Waals surface area (Å²) in [6.45, 7) is 2.92. The number of methoxy groups -OCH3 is 1. The van der Waals surface area contributed by atoms with Crippen molar-refractivity contribution in [3.8, 4) is 17.0 Å². The van der Waals surface area contributed by atoms with Crippen LogP contribution in [0.5, 0.6) is 5.75 Å². The van der Waals surface area contributed by atoms with Gasteiger partial charge < -0.3 is 20.1 Å². The zero-order valence-electron chi connectivity index (χ0n) is 15.9. The minimum absolute atomic E-state index is 0.314. The number of benzene rings is 1. The van der Waals surface area contributed by atoms with E-state index in [1.54, 1.807) is 18.4 Å². The van der Waals surface area contributed by atoms with Crippen LogP contribution in [0.4, 0.5) is 9.93 Å². The Hall–Kier alpha value is -2.28. The van der Waals surface area contributed by atoms with Crippen molar-refractivity contribution in [2.75, 3.05) is 25.6 Å². The number of nitrogens with one attached hydrogen (secondary N) is 2. The molecule has 1 aliphatic rings. The van der Waals surface area contributed by atoms with Gasteiger partial charge in [-0.25, -0.2) is 9.78 Å². The van der Waals surface area contributed by atoms with Crippen LogP contribution in [-0.4, -0.2) is 37.4 Å². The van der Waals surface area contributed by atoms with Crippen molar-refractivity contribution in [2.24, 2.45) is 5.92 Å². The Morgan fingerprint density at radius 2 is 2.11 bits per heavy atom. The summed E-state index contributed by atoms with van der Waals surface area (Å²) < 4.78 is 10.2. The third kappa shape index (κ3) is 5.60. The highest BCUT2D eigenvalue weighted by molar-refractivity contribution is 7.14. The number of hydrogen-bond donors (Lipinski definition) is 2. The molecule has 0 radical (unpaired) electrons. The fraction of sp³-hybridized carbons (Fsp3) is 0.500. The molecule has 1 amide bonds. The van der Waals surface area contributed by atoms with E-state index in [9.17, 15) is 4.79 Å². The first-order valence-electron chi connectivity index (χ1n) is 9.45. The maximum absolute atomic E-state index is 11.4. The molecule has 1 fully saturated rings. The molecule has 0 atom stereocenters. The van der Waals surface area contributed by atoms with Gasteiger partial charge in [0, 0.05) is 23.5 Å². The van der Waals surface area contributed by atoms with Crippen LogP contribution < -0.4 is 15.4 Å². The van der Waals surface area contributed by atoms with Crippen LogP contribution in [0, 0.1) is 5.92 Å². The number of thiazole rings is 1. The Labute approximate surface area is 164 Å². The number of rotatable bonds is 7. The minimum Gasteiger partial charge on any atom is -0.497 e. The van der Waals surface area contributed by atoms with Crippen LogP contribution in [0.15, 0.2) is 29.6 Å². The number of alkyl carbamates (subject to hydrolysis) is 1. The van der Waals surface area contributed by atoms with Gasteiger partial charge in [-0.3, -0.25) is 0 Å². The van der Waals surface area contributed by atoms with E-state index in [1.165, 1.54) is 0 Å². The lowest BCUT2D eigenvalue weighted by Crippen LogP contribution is -2.34. The molecule has 0 bridgehead atoms. The maximum atomic E-state index is 11.4. The number of aromatic nitrogens is 1. The Morgan fingerprint density at radius 3 is 2.85 bits per heavy atom. The van der Waals surface area contributed by atoms with Crippen LogP contribution in [0.25, 0.3) is 11.3 Å². The van der Waals surface area contributed by atoms with Crippen molar-refractivity contribution >= 4 is 22.6 Å². The second kappa shape index (κ2) is 9.60. The highest BCUT2D eigenvalue weighted by atomic mass is 32.1. The van der Waals surface area contributed by atoms with Gasteiger partial charge in [0.1, 0.15) is 5.75 Å². The molecule has 2 N–H and O–H groups in total. The SMILES string of the molecule is CCOC(=O)NCC1CCC(Nc2nc(-c3cccc(OC)c3)cs2)CC1. The van der Waals surface area contributed by atoms with Gasteiger partial charge in [-0.15, -0.1) is 11.3 Å². The van der Waals surface area contributed by atoms with Gasteiger partial charge in [-0.2, -0.15) is 0 Å². The number of anilines is 1. The van der Waals surface area contributed by atoms with Gasteiger partial charge >= 0.3 is 6.09 Å². The Kier molecular flexibility index (Phi) is 6.92. The number of nitrogens with zero attached hydrogens (tertiary/aromatic N) is 1. The number of carbonyl (C=O) groups is 1. The van der Waals surface area contributed by atoms with E-state index in [0.717, 1.165) is 47.8 Å². The highest BCUT2D eigenvalue weighted by Crippen LogP contribution is 2.30. The highest BCUT2D eigenvalue weighted by Gasteiger charge is 2.22. The van der Waals surface area contributed by atoms with E-state index in [4.69, 9.17) is 14.5 Å². The van der Waals surface area contributed by atoms with Crippen molar-refractivity contribution in [3.05, 3.63) is 29.6 Å². The zero-order valence-corrected chi connectivity index (χ0v) is 16.7. The van der Waals surface area contributed by atoms with Crippen LogP contribution in [0.2, 0.25) is 0 Å². The van der Waals surface area contributed by atoms with Crippen molar-refractivity contribution in [3.63, 3.8) is 0 Å². The maximum Gasteiger partial charge on any atom is 0.407 e. The molecule has 1 saturated carbocycles. The molecular formula is C20H27N3O3S. The standard InChI is InChI=1S/C20H27N3O3S/c1-3-26-20(24)21-12-14-7-9-16(10-8-14)22-19-23-18(13-27-19)15-5-4-6-17(11-15)25-2/h4-6,11,13-14,16H,3,7-10,12H2,1-2H3,(H,21,24)(H,22,23). The van der Waals surface area contributed by atoms with Crippen molar-refractivity contribution in [1.82, 2.24) is 10.3 Å². The lowest BCUT2D eigenvalue weighted by molar-refractivity contribution is 0.149. The van der Waals surface area contributed by atoms with E-state index in [2.05, 4.69) is 16.0 Å². The fourth-order valence-electron chi connectivity index (χ4n) is 3.35. The molecule has 27 heavy (non-hydrogen) atoms. The molecule has 0 spiro atoms. The first-order chi connectivity index (χ1) is 13.2. The molecule has 7 heteroatoms. The van der Waals surface area contributed by atoms with Crippen molar-refractivity contribution in [1.29, 1.82) is 0 Å². The predicted octanol–water partition coefficient (Wildman–Crippen LogP) is 4.54. The van der Waals surface area contributed by atoms with E-state index in [-0.39, 0.29) is 6.09 Å². The summed E-state index contributed by atoms with van der Waals surface area (Å²) in [7, 11) is 1.67. The van der Waals surface area contributed by atoms with Gasteiger partial charge in [0.05, 0.1) is 19.4 Å². The summed E-state index contributed by atoms with van der Waals surface area (Å²) in [5.41, 5.74) is 2.03. The quantitative estimate of drug-likeness (QED) is 0.728. The summed E-state index contributed by atoms with van der Waals surface area (Å²) in [5, 5.41) is 9.45. The van der Waals surface area contributed by atoms with Crippen LogP contribution in [0.3, 0.4) is 0 Å². The van der Waals surface area contributed by atoms with E-state index in [0.29, 0.717) is 25.1 Å². The molecular weight excluding hydrogens is 362 g/mol. The minimum atomic E-state index is -0.314. The molecule has 1 aliphatic carbocycles. The van der Waals surface area contributed by atoms with Gasteiger partial charge in [0.15, 0.2) is 5.13 Å². The lowest BCUT2D eigenvalue weighted by Gasteiger charge is -2.29. The predicted molar refractivity (Wildman–Crippen MR) is 108 cm³/mol. The van der Waals surface area contributed by atoms with Crippen LogP contribution >= 0.6 is 11.3 Å². The van der Waals surface area contributed by atoms with Crippen molar-refractivity contribution in [2.45, 2.75) is 38.6 Å².